The fraction of sp³-hybridized carbons (Fsp3) is 1.00. The van der Waals surface area contributed by atoms with Crippen LogP contribution in [0.4, 0.5) is 0 Å². The van der Waals surface area contributed by atoms with Crippen LogP contribution in [0.1, 0.15) is 0 Å². The van der Waals surface area contributed by atoms with Crippen molar-refractivity contribution in [3.05, 3.63) is 10.1 Å². The Balaban J connectivity index is -0.0000000720. The molecule has 0 rings (SSSR count). The first kappa shape index (κ1) is 15.9. The molecule has 0 aliphatic heterocycles. The van der Waals surface area contributed by atoms with Gasteiger partial charge in [-0.1, -0.05) is 0 Å². The molecule has 1 radical (unpaired) electrons. The van der Waals surface area contributed by atoms with Crippen molar-refractivity contribution >= 4 is 0 Å². The summed E-state index contributed by atoms with van der Waals surface area (Å²) in [6.07, 6.45) is 0. The van der Waals surface area contributed by atoms with Crippen LogP contribution in [0.2, 0.25) is 0 Å². The molecule has 9 heavy (non-hydrogen) atoms. The van der Waals surface area contributed by atoms with Crippen LogP contribution in [0.15, 0.2) is 0 Å². The molecular formula is C2H7IrNO5. The largest absolute Gasteiger partial charge is 0.394 e. The number of hydrogen-bond acceptors (Lipinski definition) is 4. The van der Waals surface area contributed by atoms with Gasteiger partial charge in [-0.05, 0) is 0 Å². The molecule has 0 atom stereocenters. The third-order valence-electron chi connectivity index (χ3n) is 0.1000. The number of aliphatic hydroxyl groups excluding tert-OH is 2. The third-order valence-corrected chi connectivity index (χ3v) is 0.1000. The van der Waals surface area contributed by atoms with Crippen molar-refractivity contribution in [2.24, 2.45) is 0 Å². The topological polar surface area (TPSA) is 104 Å². The minimum atomic E-state index is -1.50. The van der Waals surface area contributed by atoms with Crippen molar-refractivity contribution in [2.75, 3.05) is 13.2 Å². The van der Waals surface area contributed by atoms with Gasteiger partial charge in [-0.2, -0.15) is 0 Å². The van der Waals surface area contributed by atoms with Gasteiger partial charge in [0.25, 0.3) is 5.09 Å². The van der Waals surface area contributed by atoms with Crippen molar-refractivity contribution < 1.29 is 40.6 Å². The van der Waals surface area contributed by atoms with Crippen molar-refractivity contribution in [2.45, 2.75) is 0 Å². The summed E-state index contributed by atoms with van der Waals surface area (Å²) in [4.78, 5) is 8.36. The summed E-state index contributed by atoms with van der Waals surface area (Å²) in [6, 6.07) is 0. The van der Waals surface area contributed by atoms with Crippen molar-refractivity contribution in [1.29, 1.82) is 0 Å². The molecule has 0 amide bonds. The Bertz CT molecular complexity index is 52.9. The standard InChI is InChI=1S/C2H6O2.Ir.HNO3/c3-1-2-4;;2-1(3)4/h3-4H,1-2H2;;(H,2,3,4). The van der Waals surface area contributed by atoms with E-state index in [0.717, 1.165) is 0 Å². The Morgan fingerprint density at radius 3 is 1.44 bits per heavy atom. The fourth-order valence-electron chi connectivity index (χ4n) is 0. The third kappa shape index (κ3) is 437. The molecule has 0 aliphatic carbocycles. The van der Waals surface area contributed by atoms with Gasteiger partial charge in [0.1, 0.15) is 0 Å². The van der Waals surface area contributed by atoms with Gasteiger partial charge in [0.15, 0.2) is 0 Å². The number of aliphatic hydroxyl groups is 2. The van der Waals surface area contributed by atoms with Gasteiger partial charge >= 0.3 is 0 Å². The molecule has 0 saturated heterocycles. The van der Waals surface area contributed by atoms with Gasteiger partial charge in [-0.25, -0.2) is 0 Å². The molecule has 0 bridgehead atoms. The summed E-state index contributed by atoms with van der Waals surface area (Å²) < 4.78 is 0. The second-order valence-corrected chi connectivity index (χ2v) is 0.685. The zero-order valence-corrected chi connectivity index (χ0v) is 6.75. The maximum Gasteiger partial charge on any atom is 0.291 e. The van der Waals surface area contributed by atoms with Crippen LogP contribution < -0.4 is 0 Å². The molecule has 0 saturated carbocycles. The first-order valence-corrected chi connectivity index (χ1v) is 1.70. The maximum atomic E-state index is 8.36. The van der Waals surface area contributed by atoms with Crippen molar-refractivity contribution in [3.63, 3.8) is 0 Å². The van der Waals surface area contributed by atoms with Crippen LogP contribution in [0.25, 0.3) is 0 Å². The summed E-state index contributed by atoms with van der Waals surface area (Å²) in [5.74, 6) is 0. The van der Waals surface area contributed by atoms with Gasteiger partial charge in [-0.15, -0.1) is 10.1 Å². The van der Waals surface area contributed by atoms with E-state index in [9.17, 15) is 0 Å². The van der Waals surface area contributed by atoms with Crippen molar-refractivity contribution in [3.8, 4) is 0 Å². The second kappa shape index (κ2) is 15.7. The van der Waals surface area contributed by atoms with E-state index < -0.39 is 5.09 Å². The van der Waals surface area contributed by atoms with E-state index in [0.29, 0.717) is 0 Å². The maximum absolute atomic E-state index is 8.36. The van der Waals surface area contributed by atoms with E-state index in [1.54, 1.807) is 0 Å². The molecule has 0 fully saturated rings. The molecular weight excluding hydrogens is 310 g/mol. The summed E-state index contributed by atoms with van der Waals surface area (Å²) in [5, 5.41) is 28.9. The molecule has 0 spiro atoms. The Morgan fingerprint density at radius 1 is 1.33 bits per heavy atom. The van der Waals surface area contributed by atoms with Crippen LogP contribution in [-0.4, -0.2) is 33.7 Å². The predicted octanol–water partition coefficient (Wildman–Crippen LogP) is -1.38. The summed E-state index contributed by atoms with van der Waals surface area (Å²) in [6.45, 7) is -0.250. The van der Waals surface area contributed by atoms with Gasteiger partial charge in [0.05, 0.1) is 13.2 Å². The molecule has 0 aromatic heterocycles. The van der Waals surface area contributed by atoms with Crippen LogP contribution >= 0.6 is 0 Å². The van der Waals surface area contributed by atoms with Crippen LogP contribution in [0, 0.1) is 10.1 Å². The predicted molar refractivity (Wildman–Crippen MR) is 23.0 cm³/mol. The Hall–Kier alpha value is -0.231. The first-order valence-electron chi connectivity index (χ1n) is 1.70. The summed E-state index contributed by atoms with van der Waals surface area (Å²) in [7, 11) is 0. The summed E-state index contributed by atoms with van der Waals surface area (Å²) >= 11 is 0. The Kier molecular flexibility index (Phi) is 27.7. The second-order valence-electron chi connectivity index (χ2n) is 0.685. The van der Waals surface area contributed by atoms with Gasteiger partial charge in [0, 0.05) is 20.1 Å². The molecule has 0 aromatic rings. The van der Waals surface area contributed by atoms with Crippen LogP contribution in [0.3, 0.4) is 0 Å². The zero-order chi connectivity index (χ0) is 6.99. The first-order chi connectivity index (χ1) is 3.65. The van der Waals surface area contributed by atoms with Crippen LogP contribution in [-0.2, 0) is 20.1 Å². The monoisotopic (exact) mass is 318 g/mol. The fourth-order valence-corrected chi connectivity index (χ4v) is 0. The normalized spacial score (nSPS) is 6.00. The van der Waals surface area contributed by atoms with E-state index in [1.165, 1.54) is 0 Å². The molecule has 0 aliphatic rings. The number of hydrogen-bond donors (Lipinski definition) is 3. The Labute approximate surface area is 64.6 Å². The minimum absolute atomic E-state index is 0. The SMILES string of the molecule is O=[N+]([O-])O.OCCO.[Ir]. The molecule has 6 nitrogen and oxygen atoms in total. The van der Waals surface area contributed by atoms with Gasteiger partial charge < -0.3 is 15.4 Å². The molecule has 0 heterocycles. The van der Waals surface area contributed by atoms with E-state index in [2.05, 4.69) is 0 Å². The molecule has 59 valence electrons. The van der Waals surface area contributed by atoms with E-state index in [1.807, 2.05) is 0 Å². The molecule has 0 aromatic carbocycles. The molecule has 0 unspecified atom stereocenters. The average molecular weight is 317 g/mol. The van der Waals surface area contributed by atoms with Gasteiger partial charge in [0.2, 0.25) is 0 Å². The zero-order valence-electron chi connectivity index (χ0n) is 4.35. The number of rotatable bonds is 1. The number of nitrogens with zero attached hydrogens (tertiary/aromatic N) is 1. The van der Waals surface area contributed by atoms with Crippen LogP contribution in [0.5, 0.6) is 0 Å². The molecule has 3 N–H and O–H groups in total. The summed E-state index contributed by atoms with van der Waals surface area (Å²) in [5.41, 5.74) is 0. The average Bonchev–Trinajstić information content (AvgIpc) is 1.65. The van der Waals surface area contributed by atoms with Crippen molar-refractivity contribution in [1.82, 2.24) is 0 Å². The van der Waals surface area contributed by atoms with E-state index in [4.69, 9.17) is 25.5 Å². The van der Waals surface area contributed by atoms with E-state index in [-0.39, 0.29) is 33.3 Å². The molecule has 7 heteroatoms. The van der Waals surface area contributed by atoms with E-state index >= 15 is 0 Å². The Morgan fingerprint density at radius 2 is 1.44 bits per heavy atom. The van der Waals surface area contributed by atoms with Gasteiger partial charge in [-0.3, -0.25) is 0 Å². The minimum Gasteiger partial charge on any atom is -0.394 e. The smallest absolute Gasteiger partial charge is 0.291 e. The quantitative estimate of drug-likeness (QED) is 0.408.